The molecule has 1 aliphatic carbocycles. The number of carboxylic acids is 1. The predicted molar refractivity (Wildman–Crippen MR) is 67.0 cm³/mol. The molecule has 1 aliphatic heterocycles. The van der Waals surface area contributed by atoms with E-state index in [4.69, 9.17) is 5.11 Å². The fourth-order valence-electron chi connectivity index (χ4n) is 3.12. The average molecular weight is 240 g/mol. The van der Waals surface area contributed by atoms with Crippen LogP contribution in [0.5, 0.6) is 0 Å². The first-order chi connectivity index (χ1) is 8.19. The number of nitrogens with one attached hydrogen (secondary N) is 1. The molecule has 0 amide bonds. The molecule has 1 heterocycles. The van der Waals surface area contributed by atoms with Crippen LogP contribution in [0.2, 0.25) is 0 Å². The molecular weight excluding hydrogens is 216 g/mol. The van der Waals surface area contributed by atoms with Crippen LogP contribution in [0.15, 0.2) is 0 Å². The van der Waals surface area contributed by atoms with Crippen LogP contribution >= 0.6 is 0 Å². The topological polar surface area (TPSA) is 52.6 Å². The standard InChI is InChI=1S/C13H24N2O2/c1-2-14-11-6-10(7-13(16)17)8-15(9-11)12-4-3-5-12/h10-12,14H,2-9H2,1H3,(H,16,17). The zero-order valence-electron chi connectivity index (χ0n) is 10.7. The number of likely N-dealkylation sites (tertiary alicyclic amines) is 1. The molecular formula is C13H24N2O2. The highest BCUT2D eigenvalue weighted by molar-refractivity contribution is 5.67. The number of aliphatic carboxylic acids is 1. The Kier molecular flexibility index (Phi) is 4.40. The van der Waals surface area contributed by atoms with Gasteiger partial charge in [-0.25, -0.2) is 0 Å². The van der Waals surface area contributed by atoms with Gasteiger partial charge in [0, 0.05) is 31.6 Å². The predicted octanol–water partition coefficient (Wildman–Crippen LogP) is 1.31. The summed E-state index contributed by atoms with van der Waals surface area (Å²) in [6, 6.07) is 1.21. The smallest absolute Gasteiger partial charge is 0.303 e. The maximum absolute atomic E-state index is 10.9. The Morgan fingerprint density at radius 1 is 1.41 bits per heavy atom. The maximum atomic E-state index is 10.9. The molecule has 4 nitrogen and oxygen atoms in total. The number of piperidine rings is 1. The summed E-state index contributed by atoms with van der Waals surface area (Å²) in [5, 5.41) is 12.4. The summed E-state index contributed by atoms with van der Waals surface area (Å²) >= 11 is 0. The molecule has 0 radical (unpaired) electrons. The molecule has 2 unspecified atom stereocenters. The SMILES string of the molecule is CCNC1CC(CC(=O)O)CN(C2CCC2)C1. The van der Waals surface area contributed by atoms with Gasteiger partial charge >= 0.3 is 5.97 Å². The summed E-state index contributed by atoms with van der Waals surface area (Å²) in [6.07, 6.45) is 5.29. The Bertz CT molecular complexity index is 266. The monoisotopic (exact) mass is 240 g/mol. The average Bonchev–Trinajstić information content (AvgIpc) is 2.13. The Morgan fingerprint density at radius 2 is 2.18 bits per heavy atom. The van der Waals surface area contributed by atoms with Crippen LogP contribution in [0.1, 0.15) is 39.0 Å². The second-order valence-corrected chi connectivity index (χ2v) is 5.49. The second kappa shape index (κ2) is 5.83. The van der Waals surface area contributed by atoms with Gasteiger partial charge in [-0.15, -0.1) is 0 Å². The number of rotatable bonds is 5. The molecule has 0 aromatic carbocycles. The maximum Gasteiger partial charge on any atom is 0.303 e. The Morgan fingerprint density at radius 3 is 2.71 bits per heavy atom. The third-order valence-corrected chi connectivity index (χ3v) is 4.11. The first kappa shape index (κ1) is 12.8. The van der Waals surface area contributed by atoms with Crippen LogP contribution in [-0.4, -0.2) is 47.7 Å². The number of nitrogens with zero attached hydrogens (tertiary/aromatic N) is 1. The van der Waals surface area contributed by atoms with Gasteiger partial charge in [0.05, 0.1) is 0 Å². The summed E-state index contributed by atoms with van der Waals surface area (Å²) in [6.45, 7) is 5.19. The molecule has 2 rings (SSSR count). The van der Waals surface area contributed by atoms with E-state index >= 15 is 0 Å². The minimum absolute atomic E-state index is 0.325. The van der Waals surface area contributed by atoms with Crippen molar-refractivity contribution in [1.82, 2.24) is 10.2 Å². The highest BCUT2D eigenvalue weighted by Crippen LogP contribution is 2.30. The second-order valence-electron chi connectivity index (χ2n) is 5.49. The van der Waals surface area contributed by atoms with Crippen LogP contribution < -0.4 is 5.32 Å². The lowest BCUT2D eigenvalue weighted by molar-refractivity contribution is -0.138. The minimum atomic E-state index is -0.652. The van der Waals surface area contributed by atoms with Crippen molar-refractivity contribution in [3.63, 3.8) is 0 Å². The van der Waals surface area contributed by atoms with Crippen molar-refractivity contribution in [1.29, 1.82) is 0 Å². The molecule has 17 heavy (non-hydrogen) atoms. The summed E-state index contributed by atoms with van der Waals surface area (Å²) in [5.41, 5.74) is 0. The van der Waals surface area contributed by atoms with E-state index in [0.717, 1.165) is 32.1 Å². The molecule has 0 spiro atoms. The van der Waals surface area contributed by atoms with E-state index in [2.05, 4.69) is 17.1 Å². The van der Waals surface area contributed by atoms with Crippen molar-refractivity contribution in [3.05, 3.63) is 0 Å². The lowest BCUT2D eigenvalue weighted by Gasteiger charge is -2.45. The Labute approximate surface area is 103 Å². The zero-order valence-corrected chi connectivity index (χ0v) is 10.7. The van der Waals surface area contributed by atoms with E-state index in [0.29, 0.717) is 18.4 Å². The molecule has 4 heteroatoms. The first-order valence-corrected chi connectivity index (χ1v) is 6.88. The lowest BCUT2D eigenvalue weighted by atomic mass is 9.85. The van der Waals surface area contributed by atoms with Crippen molar-refractivity contribution in [2.45, 2.75) is 51.1 Å². The van der Waals surface area contributed by atoms with Gasteiger partial charge in [-0.05, 0) is 31.7 Å². The fourth-order valence-corrected chi connectivity index (χ4v) is 3.12. The number of likely N-dealkylation sites (N-methyl/N-ethyl adjacent to an activating group) is 1. The van der Waals surface area contributed by atoms with Crippen molar-refractivity contribution in [2.75, 3.05) is 19.6 Å². The van der Waals surface area contributed by atoms with Crippen LogP contribution in [-0.2, 0) is 4.79 Å². The summed E-state index contributed by atoms with van der Waals surface area (Å²) in [5.74, 6) is -0.327. The van der Waals surface area contributed by atoms with Crippen molar-refractivity contribution in [3.8, 4) is 0 Å². The third-order valence-electron chi connectivity index (χ3n) is 4.11. The quantitative estimate of drug-likeness (QED) is 0.761. The van der Waals surface area contributed by atoms with Gasteiger partial charge in [0.15, 0.2) is 0 Å². The lowest BCUT2D eigenvalue weighted by Crippen LogP contribution is -2.54. The molecule has 1 saturated heterocycles. The van der Waals surface area contributed by atoms with Crippen LogP contribution in [0, 0.1) is 5.92 Å². The van der Waals surface area contributed by atoms with Gasteiger partial charge < -0.3 is 10.4 Å². The van der Waals surface area contributed by atoms with Gasteiger partial charge in [0.1, 0.15) is 0 Å². The molecule has 2 N–H and O–H groups in total. The van der Waals surface area contributed by atoms with Gasteiger partial charge in [-0.2, -0.15) is 0 Å². The van der Waals surface area contributed by atoms with Crippen molar-refractivity contribution >= 4 is 5.97 Å². The highest BCUT2D eigenvalue weighted by Gasteiger charge is 2.33. The zero-order chi connectivity index (χ0) is 12.3. The number of carbonyl (C=O) groups is 1. The number of hydrogen-bond donors (Lipinski definition) is 2. The van der Waals surface area contributed by atoms with E-state index < -0.39 is 5.97 Å². The summed E-state index contributed by atoms with van der Waals surface area (Å²) in [4.78, 5) is 13.4. The molecule has 98 valence electrons. The van der Waals surface area contributed by atoms with Crippen LogP contribution in [0.4, 0.5) is 0 Å². The molecule has 2 fully saturated rings. The first-order valence-electron chi connectivity index (χ1n) is 6.88. The van der Waals surface area contributed by atoms with Crippen molar-refractivity contribution < 1.29 is 9.90 Å². The normalized spacial score (nSPS) is 31.1. The van der Waals surface area contributed by atoms with Gasteiger partial charge in [-0.3, -0.25) is 9.69 Å². The Balaban J connectivity index is 1.91. The van der Waals surface area contributed by atoms with Gasteiger partial charge in [0.25, 0.3) is 0 Å². The molecule has 2 aliphatic rings. The van der Waals surface area contributed by atoms with E-state index in [9.17, 15) is 4.79 Å². The highest BCUT2D eigenvalue weighted by atomic mass is 16.4. The third kappa shape index (κ3) is 3.42. The molecule has 0 aromatic rings. The van der Waals surface area contributed by atoms with E-state index in [1.165, 1.54) is 19.3 Å². The van der Waals surface area contributed by atoms with Crippen LogP contribution in [0.3, 0.4) is 0 Å². The number of carboxylic acid groups (broad SMARTS) is 1. The minimum Gasteiger partial charge on any atom is -0.481 e. The van der Waals surface area contributed by atoms with Gasteiger partial charge in [0.2, 0.25) is 0 Å². The van der Waals surface area contributed by atoms with Gasteiger partial charge in [-0.1, -0.05) is 13.3 Å². The van der Waals surface area contributed by atoms with E-state index in [1.807, 2.05) is 0 Å². The number of hydrogen-bond acceptors (Lipinski definition) is 3. The fraction of sp³-hybridized carbons (Fsp3) is 0.923. The molecule has 0 aromatic heterocycles. The summed E-state index contributed by atoms with van der Waals surface area (Å²) < 4.78 is 0. The van der Waals surface area contributed by atoms with Crippen LogP contribution in [0.25, 0.3) is 0 Å². The Hall–Kier alpha value is -0.610. The summed E-state index contributed by atoms with van der Waals surface area (Å²) in [7, 11) is 0. The molecule has 2 atom stereocenters. The largest absolute Gasteiger partial charge is 0.481 e. The van der Waals surface area contributed by atoms with E-state index in [1.54, 1.807) is 0 Å². The molecule has 1 saturated carbocycles. The van der Waals surface area contributed by atoms with Crippen molar-refractivity contribution in [2.24, 2.45) is 5.92 Å². The van der Waals surface area contributed by atoms with E-state index in [-0.39, 0.29) is 0 Å². The molecule has 0 bridgehead atoms.